The van der Waals surface area contributed by atoms with Gasteiger partial charge in [-0.25, -0.2) is 0 Å². The Hall–Kier alpha value is -0.610. The van der Waals surface area contributed by atoms with Crippen LogP contribution in [0, 0.1) is 17.3 Å². The molecule has 128 valence electrons. The zero-order valence-electron chi connectivity index (χ0n) is 14.8. The summed E-state index contributed by atoms with van der Waals surface area (Å²) in [6.45, 7) is 11.1. The number of carbonyl (C=O) groups is 1. The lowest BCUT2D eigenvalue weighted by atomic mass is 9.87. The Balaban J connectivity index is 1.93. The number of carbonyl (C=O) groups excluding carboxylic acids is 1. The van der Waals surface area contributed by atoms with E-state index in [9.17, 15) is 9.90 Å². The van der Waals surface area contributed by atoms with E-state index < -0.39 is 0 Å². The Morgan fingerprint density at radius 2 is 1.95 bits per heavy atom. The predicted molar refractivity (Wildman–Crippen MR) is 89.6 cm³/mol. The van der Waals surface area contributed by atoms with E-state index in [2.05, 4.69) is 10.2 Å². The molecule has 2 fully saturated rings. The molecule has 2 rings (SSSR count). The van der Waals surface area contributed by atoms with Crippen LogP contribution in [0.25, 0.3) is 0 Å². The minimum Gasteiger partial charge on any atom is -0.393 e. The van der Waals surface area contributed by atoms with Crippen molar-refractivity contribution in [2.45, 2.75) is 71.9 Å². The van der Waals surface area contributed by atoms with Gasteiger partial charge in [-0.2, -0.15) is 0 Å². The molecule has 1 amide bonds. The number of piperidine rings is 1. The number of nitrogens with one attached hydrogen (secondary N) is 1. The van der Waals surface area contributed by atoms with Crippen LogP contribution >= 0.6 is 0 Å². The van der Waals surface area contributed by atoms with Crippen LogP contribution in [0.5, 0.6) is 0 Å². The first-order valence-corrected chi connectivity index (χ1v) is 8.99. The maximum Gasteiger partial charge on any atom is 0.225 e. The zero-order valence-corrected chi connectivity index (χ0v) is 14.8. The molecule has 1 aliphatic carbocycles. The molecular weight excluding hydrogens is 276 g/mol. The van der Waals surface area contributed by atoms with Crippen LogP contribution in [-0.2, 0) is 4.79 Å². The van der Waals surface area contributed by atoms with E-state index in [0.29, 0.717) is 5.92 Å². The summed E-state index contributed by atoms with van der Waals surface area (Å²) in [5.74, 6) is 1.50. The standard InChI is InChI=1S/C18H34N2O2/c1-5-16(21)9-14-8-15(19-17(22)18(2,3)4)12-20(11-14)10-13-6-7-13/h13-16,21H,5-12H2,1-4H3,(H,19,22). The van der Waals surface area contributed by atoms with Gasteiger partial charge >= 0.3 is 0 Å². The number of aliphatic hydroxyl groups excluding tert-OH is 1. The van der Waals surface area contributed by atoms with Gasteiger partial charge in [0.05, 0.1) is 6.10 Å². The topological polar surface area (TPSA) is 52.6 Å². The van der Waals surface area contributed by atoms with Crippen molar-refractivity contribution in [1.29, 1.82) is 0 Å². The highest BCUT2D eigenvalue weighted by Crippen LogP contribution is 2.32. The fraction of sp³-hybridized carbons (Fsp3) is 0.944. The molecule has 0 bridgehead atoms. The maximum atomic E-state index is 12.3. The van der Waals surface area contributed by atoms with E-state index in [0.717, 1.165) is 38.3 Å². The fourth-order valence-corrected chi connectivity index (χ4v) is 3.35. The largest absolute Gasteiger partial charge is 0.393 e. The highest BCUT2D eigenvalue weighted by Gasteiger charge is 2.34. The average molecular weight is 310 g/mol. The summed E-state index contributed by atoms with van der Waals surface area (Å²) in [4.78, 5) is 14.8. The second kappa shape index (κ2) is 7.31. The van der Waals surface area contributed by atoms with E-state index in [1.165, 1.54) is 19.4 Å². The van der Waals surface area contributed by atoms with Crippen LogP contribution in [0.3, 0.4) is 0 Å². The summed E-state index contributed by atoms with van der Waals surface area (Å²) in [6.07, 6.45) is 5.19. The monoisotopic (exact) mass is 310 g/mol. The van der Waals surface area contributed by atoms with Crippen molar-refractivity contribution in [3.8, 4) is 0 Å². The molecule has 22 heavy (non-hydrogen) atoms. The van der Waals surface area contributed by atoms with Crippen LogP contribution in [0.2, 0.25) is 0 Å². The van der Waals surface area contributed by atoms with Crippen molar-refractivity contribution in [3.63, 3.8) is 0 Å². The highest BCUT2D eigenvalue weighted by molar-refractivity contribution is 5.81. The molecule has 1 aliphatic heterocycles. The van der Waals surface area contributed by atoms with Crippen LogP contribution in [0.15, 0.2) is 0 Å². The van der Waals surface area contributed by atoms with Gasteiger partial charge in [-0.15, -0.1) is 0 Å². The zero-order chi connectivity index (χ0) is 16.3. The Morgan fingerprint density at radius 1 is 1.27 bits per heavy atom. The van der Waals surface area contributed by atoms with Gasteiger partial charge in [0.25, 0.3) is 0 Å². The summed E-state index contributed by atoms with van der Waals surface area (Å²) >= 11 is 0. The third kappa shape index (κ3) is 5.54. The summed E-state index contributed by atoms with van der Waals surface area (Å²) in [5.41, 5.74) is -0.336. The molecule has 2 N–H and O–H groups in total. The molecule has 4 heteroatoms. The minimum absolute atomic E-state index is 0.139. The Morgan fingerprint density at radius 3 is 2.50 bits per heavy atom. The van der Waals surface area contributed by atoms with Crippen molar-refractivity contribution in [2.24, 2.45) is 17.3 Å². The molecule has 1 saturated heterocycles. The molecule has 0 aromatic rings. The van der Waals surface area contributed by atoms with E-state index in [4.69, 9.17) is 0 Å². The normalized spacial score (nSPS) is 28.4. The molecule has 0 spiro atoms. The van der Waals surface area contributed by atoms with Crippen LogP contribution in [0.4, 0.5) is 0 Å². The molecule has 0 aromatic heterocycles. The van der Waals surface area contributed by atoms with Gasteiger partial charge in [0.1, 0.15) is 0 Å². The van der Waals surface area contributed by atoms with E-state index >= 15 is 0 Å². The summed E-state index contributed by atoms with van der Waals surface area (Å²) in [7, 11) is 0. The first kappa shape index (κ1) is 17.7. The quantitative estimate of drug-likeness (QED) is 0.792. The second-order valence-corrected chi connectivity index (χ2v) is 8.48. The third-order valence-electron chi connectivity index (χ3n) is 4.92. The molecule has 2 aliphatic rings. The van der Waals surface area contributed by atoms with E-state index in [1.807, 2.05) is 27.7 Å². The Labute approximate surface area is 135 Å². The van der Waals surface area contributed by atoms with Gasteiger partial charge in [-0.05, 0) is 43.9 Å². The van der Waals surface area contributed by atoms with Crippen molar-refractivity contribution in [1.82, 2.24) is 10.2 Å². The van der Waals surface area contributed by atoms with Gasteiger partial charge in [0.2, 0.25) is 5.91 Å². The Kier molecular flexibility index (Phi) is 5.89. The van der Waals surface area contributed by atoms with Gasteiger partial charge < -0.3 is 15.3 Å². The van der Waals surface area contributed by atoms with Gasteiger partial charge in [0.15, 0.2) is 0 Å². The lowest BCUT2D eigenvalue weighted by molar-refractivity contribution is -0.129. The maximum absolute atomic E-state index is 12.3. The van der Waals surface area contributed by atoms with E-state index in [-0.39, 0.29) is 23.5 Å². The second-order valence-electron chi connectivity index (χ2n) is 8.48. The molecule has 0 aromatic carbocycles. The van der Waals surface area contributed by atoms with Gasteiger partial charge in [-0.3, -0.25) is 4.79 Å². The summed E-state index contributed by atoms with van der Waals surface area (Å²) < 4.78 is 0. The molecule has 1 saturated carbocycles. The Bertz CT molecular complexity index is 374. The average Bonchev–Trinajstić information content (AvgIpc) is 3.21. The number of hydrogen-bond acceptors (Lipinski definition) is 3. The lowest BCUT2D eigenvalue weighted by Gasteiger charge is -2.39. The number of amides is 1. The SMILES string of the molecule is CCC(O)CC1CC(NC(=O)C(C)(C)C)CN(CC2CC2)C1. The smallest absolute Gasteiger partial charge is 0.225 e. The number of hydrogen-bond donors (Lipinski definition) is 2. The van der Waals surface area contributed by atoms with Crippen LogP contribution in [-0.4, -0.2) is 47.7 Å². The number of aliphatic hydroxyl groups is 1. The van der Waals surface area contributed by atoms with Gasteiger partial charge in [-0.1, -0.05) is 27.7 Å². The van der Waals surface area contributed by atoms with E-state index in [1.54, 1.807) is 0 Å². The van der Waals surface area contributed by atoms with Crippen molar-refractivity contribution in [2.75, 3.05) is 19.6 Å². The first-order valence-electron chi connectivity index (χ1n) is 8.99. The van der Waals surface area contributed by atoms with Crippen molar-refractivity contribution in [3.05, 3.63) is 0 Å². The minimum atomic E-state index is -0.336. The molecule has 4 nitrogen and oxygen atoms in total. The number of likely N-dealkylation sites (tertiary alicyclic amines) is 1. The summed E-state index contributed by atoms with van der Waals surface area (Å²) in [5, 5.41) is 13.2. The molecular formula is C18H34N2O2. The summed E-state index contributed by atoms with van der Waals surface area (Å²) in [6, 6.07) is 0.230. The fourth-order valence-electron chi connectivity index (χ4n) is 3.35. The molecule has 1 heterocycles. The van der Waals surface area contributed by atoms with Crippen molar-refractivity contribution < 1.29 is 9.90 Å². The lowest BCUT2D eigenvalue weighted by Crippen LogP contribution is -2.53. The predicted octanol–water partition coefficient (Wildman–Crippen LogP) is 2.41. The number of nitrogens with zero attached hydrogens (tertiary/aromatic N) is 1. The van der Waals surface area contributed by atoms with Crippen LogP contribution in [0.1, 0.15) is 59.8 Å². The molecule has 0 radical (unpaired) electrons. The molecule has 3 unspecified atom stereocenters. The number of rotatable bonds is 6. The van der Waals surface area contributed by atoms with Crippen molar-refractivity contribution >= 4 is 5.91 Å². The van der Waals surface area contributed by atoms with Crippen LogP contribution < -0.4 is 5.32 Å². The highest BCUT2D eigenvalue weighted by atomic mass is 16.3. The first-order chi connectivity index (χ1) is 10.3. The third-order valence-corrected chi connectivity index (χ3v) is 4.92. The van der Waals surface area contributed by atoms with Gasteiger partial charge in [0, 0.05) is 31.1 Å². The molecule has 3 atom stereocenters.